The van der Waals surface area contributed by atoms with Crippen molar-refractivity contribution in [3.8, 4) is 11.1 Å². The van der Waals surface area contributed by atoms with Crippen LogP contribution in [0.25, 0.3) is 11.1 Å². The van der Waals surface area contributed by atoms with Crippen molar-refractivity contribution in [3.63, 3.8) is 0 Å². The van der Waals surface area contributed by atoms with E-state index in [1.165, 1.54) is 16.7 Å². The average Bonchev–Trinajstić information content (AvgIpc) is 3.59. The van der Waals surface area contributed by atoms with Crippen molar-refractivity contribution in [2.75, 3.05) is 31.4 Å². The highest BCUT2D eigenvalue weighted by Crippen LogP contribution is 2.44. The van der Waals surface area contributed by atoms with Crippen molar-refractivity contribution in [2.45, 2.75) is 24.5 Å². The first-order valence-electron chi connectivity index (χ1n) is 11.4. The highest BCUT2D eigenvalue weighted by Gasteiger charge is 2.43. The number of benzene rings is 2. The van der Waals surface area contributed by atoms with Gasteiger partial charge in [0.1, 0.15) is 18.8 Å². The van der Waals surface area contributed by atoms with Crippen LogP contribution in [0.15, 0.2) is 48.5 Å². The number of carboxylic acid groups (broad SMARTS) is 1. The number of alkyl carbamates (subject to hydrolysis) is 1. The minimum atomic E-state index is -1.01. The minimum absolute atomic E-state index is 0.0251. The van der Waals surface area contributed by atoms with Gasteiger partial charge in [-0.15, -0.1) is 11.8 Å². The maximum Gasteiger partial charge on any atom is 0.407 e. The molecule has 3 aliphatic rings. The Morgan fingerprint density at radius 1 is 1.09 bits per heavy atom. The second kappa shape index (κ2) is 9.68. The van der Waals surface area contributed by atoms with Gasteiger partial charge < -0.3 is 24.8 Å². The summed E-state index contributed by atoms with van der Waals surface area (Å²) in [6, 6.07) is 15.4. The van der Waals surface area contributed by atoms with Crippen LogP contribution < -0.4 is 5.32 Å². The van der Waals surface area contributed by atoms with Gasteiger partial charge in [0.2, 0.25) is 0 Å². The van der Waals surface area contributed by atoms with Gasteiger partial charge in [-0.2, -0.15) is 0 Å². The Bertz CT molecular complexity index is 1060. The van der Waals surface area contributed by atoms with Crippen LogP contribution in [0, 0.1) is 5.92 Å². The fourth-order valence-corrected chi connectivity index (χ4v) is 6.16. The lowest BCUT2D eigenvalue weighted by Crippen LogP contribution is -2.49. The zero-order valence-electron chi connectivity index (χ0n) is 18.5. The van der Waals surface area contributed by atoms with Crippen molar-refractivity contribution >= 4 is 29.7 Å². The number of carbonyl (C=O) groups is 3. The van der Waals surface area contributed by atoms with E-state index in [0.717, 1.165) is 22.3 Å². The van der Waals surface area contributed by atoms with Crippen LogP contribution in [0.4, 0.5) is 4.79 Å². The Labute approximate surface area is 201 Å². The van der Waals surface area contributed by atoms with Crippen LogP contribution in [-0.4, -0.2) is 71.5 Å². The molecule has 1 unspecified atom stereocenters. The van der Waals surface area contributed by atoms with Crippen LogP contribution in [0.5, 0.6) is 0 Å². The number of carbonyl (C=O) groups excluding carboxylic acids is 2. The summed E-state index contributed by atoms with van der Waals surface area (Å²) < 4.78 is 11.2. The lowest BCUT2D eigenvalue weighted by Gasteiger charge is -2.26. The van der Waals surface area contributed by atoms with Crippen molar-refractivity contribution in [3.05, 3.63) is 59.7 Å². The smallest absolute Gasteiger partial charge is 0.407 e. The normalized spacial score (nSPS) is 23.4. The molecule has 0 radical (unpaired) electrons. The standard InChI is InChI=1S/C25H26N2O6S/c28-23(27-14-34-13-21(27)24(29)30)22-15(9-10-32-22)11-26-25(31)33-12-20-18-7-3-1-5-16(18)17-6-2-4-8-19(17)20/h1-8,15,20-22H,9-14H2,(H,26,31)(H,29,30)/t15-,21?,22-/m1/s1. The molecule has 3 atom stereocenters. The third-order valence-electron chi connectivity index (χ3n) is 6.76. The zero-order valence-corrected chi connectivity index (χ0v) is 19.3. The predicted octanol–water partition coefficient (Wildman–Crippen LogP) is 2.92. The molecule has 2 aromatic carbocycles. The molecule has 5 rings (SSSR count). The average molecular weight is 483 g/mol. The molecule has 8 nitrogen and oxygen atoms in total. The second-order valence-electron chi connectivity index (χ2n) is 8.71. The second-order valence-corrected chi connectivity index (χ2v) is 9.71. The quantitative estimate of drug-likeness (QED) is 0.652. The summed E-state index contributed by atoms with van der Waals surface area (Å²) in [6.45, 7) is 0.840. The number of ether oxygens (including phenoxy) is 2. The van der Waals surface area contributed by atoms with E-state index in [4.69, 9.17) is 9.47 Å². The molecule has 2 saturated heterocycles. The highest BCUT2D eigenvalue weighted by molar-refractivity contribution is 7.99. The number of rotatable bonds is 6. The van der Waals surface area contributed by atoms with Crippen LogP contribution >= 0.6 is 11.8 Å². The highest BCUT2D eigenvalue weighted by atomic mass is 32.2. The molecule has 2 heterocycles. The lowest BCUT2D eigenvalue weighted by atomic mass is 9.98. The number of aliphatic carboxylic acids is 1. The van der Waals surface area contributed by atoms with E-state index >= 15 is 0 Å². The molecule has 2 amide bonds. The SMILES string of the molecule is O=C(NC[C@H]1CCO[C@H]1C(=O)N1CSCC1C(=O)O)OCC1c2ccccc2-c2ccccc21. The molecule has 178 valence electrons. The van der Waals surface area contributed by atoms with Gasteiger partial charge in [-0.05, 0) is 28.7 Å². The van der Waals surface area contributed by atoms with Gasteiger partial charge in [0.25, 0.3) is 5.91 Å². The topological polar surface area (TPSA) is 105 Å². The van der Waals surface area contributed by atoms with E-state index in [1.54, 1.807) is 0 Å². The van der Waals surface area contributed by atoms with E-state index < -0.39 is 24.2 Å². The number of carboxylic acids is 1. The van der Waals surface area contributed by atoms with Crippen molar-refractivity contribution in [1.29, 1.82) is 0 Å². The number of amides is 2. The molecule has 34 heavy (non-hydrogen) atoms. The molecular formula is C25H26N2O6S. The fourth-order valence-electron chi connectivity index (χ4n) is 5.01. The molecule has 2 N–H and O–H groups in total. The van der Waals surface area contributed by atoms with Crippen LogP contribution in [0.2, 0.25) is 0 Å². The molecule has 0 aromatic heterocycles. The summed E-state index contributed by atoms with van der Waals surface area (Å²) in [5.41, 5.74) is 4.61. The number of hydrogen-bond acceptors (Lipinski definition) is 6. The predicted molar refractivity (Wildman–Crippen MR) is 127 cm³/mol. The maximum atomic E-state index is 12.9. The lowest BCUT2D eigenvalue weighted by molar-refractivity contribution is -0.152. The monoisotopic (exact) mass is 482 g/mol. The van der Waals surface area contributed by atoms with Crippen molar-refractivity contribution < 1.29 is 29.0 Å². The van der Waals surface area contributed by atoms with Crippen molar-refractivity contribution in [2.24, 2.45) is 5.92 Å². The molecule has 0 spiro atoms. The molecule has 2 fully saturated rings. The molecule has 9 heteroatoms. The van der Waals surface area contributed by atoms with Gasteiger partial charge >= 0.3 is 12.1 Å². The van der Waals surface area contributed by atoms with Crippen molar-refractivity contribution in [1.82, 2.24) is 10.2 Å². The summed E-state index contributed by atoms with van der Waals surface area (Å²) in [7, 11) is 0. The summed E-state index contributed by atoms with van der Waals surface area (Å²) >= 11 is 1.41. The van der Waals surface area contributed by atoms with Gasteiger partial charge in [-0.3, -0.25) is 4.79 Å². The molecule has 2 aromatic rings. The van der Waals surface area contributed by atoms with E-state index in [0.29, 0.717) is 24.7 Å². The fraction of sp³-hybridized carbons (Fsp3) is 0.400. The van der Waals surface area contributed by atoms with E-state index in [-0.39, 0.29) is 30.9 Å². The van der Waals surface area contributed by atoms with E-state index in [9.17, 15) is 19.5 Å². The Morgan fingerprint density at radius 2 is 1.76 bits per heavy atom. The molecular weight excluding hydrogens is 456 g/mol. The Morgan fingerprint density at radius 3 is 2.44 bits per heavy atom. The van der Waals surface area contributed by atoms with Gasteiger partial charge in [0, 0.05) is 30.7 Å². The van der Waals surface area contributed by atoms with Crippen LogP contribution in [0.3, 0.4) is 0 Å². The van der Waals surface area contributed by atoms with Crippen LogP contribution in [-0.2, 0) is 19.1 Å². The van der Waals surface area contributed by atoms with E-state index in [1.807, 2.05) is 24.3 Å². The first-order chi connectivity index (χ1) is 16.5. The molecule has 2 aliphatic heterocycles. The number of fused-ring (bicyclic) bond motifs is 3. The van der Waals surface area contributed by atoms with Gasteiger partial charge in [0.05, 0.1) is 5.88 Å². The third-order valence-corrected chi connectivity index (χ3v) is 7.77. The zero-order chi connectivity index (χ0) is 23.7. The summed E-state index contributed by atoms with van der Waals surface area (Å²) in [6.07, 6.45) is -0.687. The first kappa shape index (κ1) is 22.7. The number of thioether (sulfide) groups is 1. The van der Waals surface area contributed by atoms with Crippen LogP contribution in [0.1, 0.15) is 23.5 Å². The Balaban J connectivity index is 1.17. The first-order valence-corrected chi connectivity index (χ1v) is 12.5. The number of nitrogens with one attached hydrogen (secondary N) is 1. The van der Waals surface area contributed by atoms with Gasteiger partial charge in [-0.1, -0.05) is 48.5 Å². The van der Waals surface area contributed by atoms with Gasteiger partial charge in [0.15, 0.2) is 0 Å². The largest absolute Gasteiger partial charge is 0.480 e. The minimum Gasteiger partial charge on any atom is -0.480 e. The molecule has 0 saturated carbocycles. The number of nitrogens with zero attached hydrogens (tertiary/aromatic N) is 1. The summed E-state index contributed by atoms with van der Waals surface area (Å²) in [5.74, 6) is -0.881. The summed E-state index contributed by atoms with van der Waals surface area (Å²) in [4.78, 5) is 38.2. The Hall–Kier alpha value is -3.04. The molecule has 1 aliphatic carbocycles. The summed E-state index contributed by atoms with van der Waals surface area (Å²) in [5, 5.41) is 12.1. The van der Waals surface area contributed by atoms with Gasteiger partial charge in [-0.25, -0.2) is 9.59 Å². The Kier molecular flexibility index (Phi) is 6.47. The van der Waals surface area contributed by atoms with E-state index in [2.05, 4.69) is 29.6 Å². The number of hydrogen-bond donors (Lipinski definition) is 2. The maximum absolute atomic E-state index is 12.9. The third kappa shape index (κ3) is 4.25. The molecule has 0 bridgehead atoms.